The molecule has 1 aromatic heterocycles. The molecule has 1 saturated carbocycles. The third-order valence-corrected chi connectivity index (χ3v) is 8.18. The van der Waals surface area contributed by atoms with Crippen LogP contribution >= 0.6 is 0 Å². The largest absolute Gasteiger partial charge is 0.468 e. The van der Waals surface area contributed by atoms with Gasteiger partial charge in [-0.1, -0.05) is 56.3 Å². The second-order valence-corrected chi connectivity index (χ2v) is 10.7. The summed E-state index contributed by atoms with van der Waals surface area (Å²) in [4.78, 5) is 19.4. The normalized spacial score (nSPS) is 26.9. The Kier molecular flexibility index (Phi) is 5.50. The Morgan fingerprint density at radius 2 is 1.76 bits per heavy atom. The van der Waals surface area contributed by atoms with Crippen LogP contribution in [0.3, 0.4) is 0 Å². The lowest BCUT2D eigenvalue weighted by Gasteiger charge is -2.51. The van der Waals surface area contributed by atoms with E-state index in [1.807, 2.05) is 0 Å². The van der Waals surface area contributed by atoms with Crippen molar-refractivity contribution in [2.75, 3.05) is 7.11 Å². The number of ether oxygens (including phenoxy) is 1. The average Bonchev–Trinajstić information content (AvgIpc) is 3.59. The second-order valence-electron chi connectivity index (χ2n) is 10.7. The fraction of sp³-hybridized carbons (Fsp3) is 0.483. The highest BCUT2D eigenvalue weighted by molar-refractivity contribution is 5.87. The summed E-state index contributed by atoms with van der Waals surface area (Å²) in [7, 11) is 1.52. The van der Waals surface area contributed by atoms with Crippen LogP contribution in [0.5, 0.6) is 0 Å². The molecule has 4 atom stereocenters. The number of H-pyrrole nitrogens is 1. The zero-order valence-electron chi connectivity index (χ0n) is 20.4. The second kappa shape index (κ2) is 8.54. The third-order valence-electron chi connectivity index (χ3n) is 8.18. The maximum Gasteiger partial charge on any atom is 0.323 e. The lowest BCUT2D eigenvalue weighted by molar-refractivity contribution is -0.152. The first-order valence-corrected chi connectivity index (χ1v) is 12.8. The molecule has 3 aromatic rings. The molecule has 0 unspecified atom stereocenters. The number of para-hydroxylation sites is 1. The zero-order valence-corrected chi connectivity index (χ0v) is 20.4. The Hall–Kier alpha value is -2.63. The number of esters is 1. The lowest BCUT2D eigenvalue weighted by atomic mass is 9.79. The smallest absolute Gasteiger partial charge is 0.323 e. The van der Waals surface area contributed by atoms with Crippen molar-refractivity contribution < 1.29 is 9.53 Å². The molecule has 3 heterocycles. The highest BCUT2D eigenvalue weighted by Gasteiger charge is 2.48. The van der Waals surface area contributed by atoms with Gasteiger partial charge in [-0.3, -0.25) is 9.69 Å². The van der Waals surface area contributed by atoms with Crippen molar-refractivity contribution in [1.29, 1.82) is 0 Å². The minimum atomic E-state index is -0.279. The van der Waals surface area contributed by atoms with Gasteiger partial charge in [0.1, 0.15) is 6.04 Å². The summed E-state index contributed by atoms with van der Waals surface area (Å²) in [5, 5.41) is 5.16. The predicted molar refractivity (Wildman–Crippen MR) is 135 cm³/mol. The van der Waals surface area contributed by atoms with Crippen LogP contribution in [-0.2, 0) is 16.0 Å². The van der Waals surface area contributed by atoms with E-state index in [1.54, 1.807) is 0 Å². The number of fused-ring (bicyclic) bond motifs is 5. The number of hydrogen-bond acceptors (Lipinski definition) is 4. The molecule has 0 radical (unpaired) electrons. The highest BCUT2D eigenvalue weighted by Crippen LogP contribution is 2.49. The molecule has 0 spiro atoms. The molecule has 2 fully saturated rings. The number of hydrogen-bond donors (Lipinski definition) is 2. The summed E-state index contributed by atoms with van der Waals surface area (Å²) in [5.74, 6) is 0.377. The van der Waals surface area contributed by atoms with Gasteiger partial charge in [0, 0.05) is 41.1 Å². The van der Waals surface area contributed by atoms with Gasteiger partial charge < -0.3 is 15.0 Å². The topological polar surface area (TPSA) is 57.4 Å². The molecule has 178 valence electrons. The van der Waals surface area contributed by atoms with Crippen molar-refractivity contribution in [3.8, 4) is 0 Å². The molecule has 0 amide bonds. The van der Waals surface area contributed by atoms with Gasteiger partial charge in [-0.15, -0.1) is 0 Å². The monoisotopic (exact) mass is 457 g/mol. The van der Waals surface area contributed by atoms with E-state index in [-0.39, 0.29) is 24.1 Å². The van der Waals surface area contributed by atoms with Crippen molar-refractivity contribution in [3.05, 3.63) is 70.9 Å². The molecule has 0 bridgehead atoms. The van der Waals surface area contributed by atoms with Gasteiger partial charge >= 0.3 is 5.97 Å². The molecule has 1 aliphatic carbocycles. The molecule has 3 aliphatic rings. The Morgan fingerprint density at radius 1 is 1.03 bits per heavy atom. The molecule has 2 N–H and O–H groups in total. The number of rotatable bonds is 5. The van der Waals surface area contributed by atoms with Gasteiger partial charge in [-0.05, 0) is 54.4 Å². The number of piperidine rings is 1. The van der Waals surface area contributed by atoms with Crippen molar-refractivity contribution in [2.24, 2.45) is 0 Å². The van der Waals surface area contributed by atoms with Crippen molar-refractivity contribution in [2.45, 2.75) is 82.1 Å². The summed E-state index contributed by atoms with van der Waals surface area (Å²) in [6.07, 6.45) is 5.26. The molecule has 5 heteroatoms. The van der Waals surface area contributed by atoms with Crippen LogP contribution < -0.4 is 5.32 Å². The van der Waals surface area contributed by atoms with Crippen molar-refractivity contribution in [1.82, 2.24) is 15.2 Å². The Balaban J connectivity index is 1.46. The maximum atomic E-state index is 13.2. The van der Waals surface area contributed by atoms with Crippen LogP contribution in [0.15, 0.2) is 48.5 Å². The fourth-order valence-electron chi connectivity index (χ4n) is 6.29. The first kappa shape index (κ1) is 21.9. The van der Waals surface area contributed by atoms with Gasteiger partial charge in [-0.2, -0.15) is 0 Å². The maximum absolute atomic E-state index is 13.2. The SMILES string of the molecule is COC(=O)[C@@H]1Cc2c([nH]c3ccccc23)[C@H]2C[C@H](NC3CC3)C[C@@H](c3ccc(C(C)C)cc3)N21. The lowest BCUT2D eigenvalue weighted by Crippen LogP contribution is -2.55. The summed E-state index contributed by atoms with van der Waals surface area (Å²) < 4.78 is 5.37. The van der Waals surface area contributed by atoms with Crippen molar-refractivity contribution >= 4 is 16.9 Å². The Bertz CT molecular complexity index is 1190. The number of aromatic nitrogens is 1. The number of carbonyl (C=O) groups excluding carboxylic acids is 1. The molecular formula is C29H35N3O2. The Labute approximate surface area is 201 Å². The van der Waals surface area contributed by atoms with E-state index in [4.69, 9.17) is 4.74 Å². The average molecular weight is 458 g/mol. The predicted octanol–water partition coefficient (Wildman–Crippen LogP) is 5.39. The van der Waals surface area contributed by atoms with E-state index >= 15 is 0 Å². The van der Waals surface area contributed by atoms with Gasteiger partial charge in [0.05, 0.1) is 13.2 Å². The number of benzene rings is 2. The third kappa shape index (κ3) is 3.75. The van der Waals surface area contributed by atoms with E-state index in [1.165, 1.54) is 47.7 Å². The standard InChI is InChI=1S/C29H35N3O2/c1-17(2)18-8-10-19(11-9-18)25-14-21(30-20-12-13-20)15-26-28-23(16-27(32(25)26)29(33)34-3)22-6-4-5-7-24(22)31-28/h4-11,17,20-21,25-27,30-31H,12-16H2,1-3H3/t21-,25+,26-,27+/m1/s1. The zero-order chi connectivity index (χ0) is 23.4. The molecule has 2 aromatic carbocycles. The molecule has 34 heavy (non-hydrogen) atoms. The van der Waals surface area contributed by atoms with Crippen molar-refractivity contribution in [3.63, 3.8) is 0 Å². The highest BCUT2D eigenvalue weighted by atomic mass is 16.5. The summed E-state index contributed by atoms with van der Waals surface area (Å²) in [6, 6.07) is 18.7. The van der Waals surface area contributed by atoms with E-state index in [2.05, 4.69) is 77.6 Å². The van der Waals surface area contributed by atoms with E-state index < -0.39 is 0 Å². The first-order valence-electron chi connectivity index (χ1n) is 12.8. The molecule has 1 saturated heterocycles. The van der Waals surface area contributed by atoms with Gasteiger partial charge in [-0.25, -0.2) is 0 Å². The van der Waals surface area contributed by atoms with E-state index in [0.717, 1.165) is 18.4 Å². The molecule has 2 aliphatic heterocycles. The van der Waals surface area contributed by atoms with Crippen LogP contribution in [0.2, 0.25) is 0 Å². The van der Waals surface area contributed by atoms with E-state index in [9.17, 15) is 4.79 Å². The van der Waals surface area contributed by atoms with E-state index in [0.29, 0.717) is 24.4 Å². The van der Waals surface area contributed by atoms with Gasteiger partial charge in [0.2, 0.25) is 0 Å². The number of aromatic amines is 1. The van der Waals surface area contributed by atoms with Gasteiger partial charge in [0.25, 0.3) is 0 Å². The van der Waals surface area contributed by atoms with Crippen LogP contribution in [0.25, 0.3) is 10.9 Å². The summed E-state index contributed by atoms with van der Waals surface area (Å²) >= 11 is 0. The van der Waals surface area contributed by atoms with Crippen LogP contribution in [0, 0.1) is 0 Å². The first-order chi connectivity index (χ1) is 16.5. The molecule has 5 nitrogen and oxygen atoms in total. The Morgan fingerprint density at radius 3 is 2.47 bits per heavy atom. The summed E-state index contributed by atoms with van der Waals surface area (Å²) in [5.41, 5.74) is 6.38. The number of methoxy groups -OCH3 is 1. The van der Waals surface area contributed by atoms with Crippen LogP contribution in [0.1, 0.15) is 79.9 Å². The fourth-order valence-corrected chi connectivity index (χ4v) is 6.29. The molecular weight excluding hydrogens is 422 g/mol. The number of carbonyl (C=O) groups is 1. The molecule has 6 rings (SSSR count). The van der Waals surface area contributed by atoms with Crippen LogP contribution in [-0.4, -0.2) is 41.1 Å². The quantitative estimate of drug-likeness (QED) is 0.505. The minimum Gasteiger partial charge on any atom is -0.468 e. The number of nitrogens with one attached hydrogen (secondary N) is 2. The number of nitrogens with zero attached hydrogens (tertiary/aromatic N) is 1. The van der Waals surface area contributed by atoms with Gasteiger partial charge in [0.15, 0.2) is 0 Å². The van der Waals surface area contributed by atoms with Crippen LogP contribution in [0.4, 0.5) is 0 Å². The minimum absolute atomic E-state index is 0.127. The summed E-state index contributed by atoms with van der Waals surface area (Å²) in [6.45, 7) is 4.47.